The Bertz CT molecular complexity index is 1050. The zero-order valence-electron chi connectivity index (χ0n) is 15.0. The van der Waals surface area contributed by atoms with Gasteiger partial charge in [-0.3, -0.25) is 9.59 Å². The van der Waals surface area contributed by atoms with Gasteiger partial charge in [-0.25, -0.2) is 4.98 Å². The molecule has 0 saturated carbocycles. The van der Waals surface area contributed by atoms with Crippen LogP contribution in [0.15, 0.2) is 58.5 Å². The topological polar surface area (TPSA) is 95.1 Å². The van der Waals surface area contributed by atoms with Crippen molar-refractivity contribution < 1.29 is 9.90 Å². The summed E-state index contributed by atoms with van der Waals surface area (Å²) in [4.78, 5) is 31.7. The van der Waals surface area contributed by atoms with E-state index >= 15 is 0 Å². The highest BCUT2D eigenvalue weighted by Gasteiger charge is 2.12. The van der Waals surface area contributed by atoms with E-state index in [0.29, 0.717) is 27.9 Å². The number of aromatic hydroxyl groups is 1. The highest BCUT2D eigenvalue weighted by Crippen LogP contribution is 2.26. The second-order valence-corrected chi connectivity index (χ2v) is 7.50. The smallest absolute Gasteiger partial charge is 0.255 e. The fourth-order valence-corrected chi connectivity index (χ4v) is 3.47. The zero-order valence-corrected chi connectivity index (χ0v) is 16.6. The Morgan fingerprint density at radius 3 is 2.71 bits per heavy atom. The summed E-state index contributed by atoms with van der Waals surface area (Å²) in [7, 11) is 0. The quantitative estimate of drug-likeness (QED) is 0.323. The van der Waals surface area contributed by atoms with Gasteiger partial charge in [0.05, 0.1) is 11.4 Å². The van der Waals surface area contributed by atoms with Crippen molar-refractivity contribution in [2.24, 2.45) is 0 Å². The fraction of sp³-hybridized carbons (Fsp3) is 0.150. The van der Waals surface area contributed by atoms with E-state index in [1.54, 1.807) is 6.92 Å². The van der Waals surface area contributed by atoms with Gasteiger partial charge in [0, 0.05) is 22.7 Å². The number of benzene rings is 2. The molecule has 1 aromatic heterocycles. The molecule has 28 heavy (non-hydrogen) atoms. The average molecular weight is 416 g/mol. The molecule has 1 amide bonds. The van der Waals surface area contributed by atoms with E-state index in [4.69, 9.17) is 11.6 Å². The molecule has 0 aliphatic carbocycles. The summed E-state index contributed by atoms with van der Waals surface area (Å²) < 4.78 is 0. The molecule has 6 nitrogen and oxygen atoms in total. The van der Waals surface area contributed by atoms with Crippen LogP contribution in [0.5, 0.6) is 5.75 Å². The Labute approximate surface area is 171 Å². The third-order valence-electron chi connectivity index (χ3n) is 4.00. The molecule has 2 aromatic carbocycles. The van der Waals surface area contributed by atoms with E-state index in [1.807, 2.05) is 30.3 Å². The molecule has 0 aliphatic rings. The van der Waals surface area contributed by atoms with Crippen LogP contribution < -0.4 is 10.9 Å². The Kier molecular flexibility index (Phi) is 6.38. The number of thioether (sulfide) groups is 1. The van der Waals surface area contributed by atoms with Crippen LogP contribution in [0, 0.1) is 6.92 Å². The predicted molar refractivity (Wildman–Crippen MR) is 111 cm³/mol. The molecular formula is C20H18ClN3O3S. The van der Waals surface area contributed by atoms with Gasteiger partial charge in [0.25, 0.3) is 5.56 Å². The number of aryl methyl sites for hydroxylation is 1. The number of amides is 1. The SMILES string of the molecule is Cc1nc(SCC(=O)Nc2cc(Cl)ccc2O)[nH]c(=O)c1Cc1ccccc1. The van der Waals surface area contributed by atoms with Crippen LogP contribution in [-0.4, -0.2) is 26.7 Å². The average Bonchev–Trinajstić information content (AvgIpc) is 2.67. The molecule has 0 unspecified atom stereocenters. The second-order valence-electron chi connectivity index (χ2n) is 6.10. The van der Waals surface area contributed by atoms with Crippen molar-refractivity contribution in [2.75, 3.05) is 11.1 Å². The molecule has 0 fully saturated rings. The molecule has 0 spiro atoms. The molecule has 1 heterocycles. The van der Waals surface area contributed by atoms with Crippen molar-refractivity contribution in [2.45, 2.75) is 18.5 Å². The first-order valence-electron chi connectivity index (χ1n) is 8.47. The van der Waals surface area contributed by atoms with Crippen LogP contribution in [0.1, 0.15) is 16.8 Å². The standard InChI is InChI=1S/C20H18ClN3O3S/c1-12-15(9-13-5-3-2-4-6-13)19(27)24-20(22-12)28-11-18(26)23-16-10-14(21)7-8-17(16)25/h2-8,10,25H,9,11H2,1H3,(H,23,26)(H,22,24,27). The first kappa shape index (κ1) is 20.0. The fourth-order valence-electron chi connectivity index (χ4n) is 2.59. The van der Waals surface area contributed by atoms with E-state index in [9.17, 15) is 14.7 Å². The van der Waals surface area contributed by atoms with Gasteiger partial charge in [-0.15, -0.1) is 0 Å². The second kappa shape index (κ2) is 8.95. The van der Waals surface area contributed by atoms with Crippen molar-refractivity contribution in [1.29, 1.82) is 0 Å². The minimum atomic E-state index is -0.351. The number of phenols is 1. The molecule has 144 valence electrons. The summed E-state index contributed by atoms with van der Waals surface area (Å²) >= 11 is 6.97. The number of carbonyl (C=O) groups is 1. The number of phenolic OH excluding ortho intramolecular Hbond substituents is 1. The number of aromatic amines is 1. The van der Waals surface area contributed by atoms with Crippen molar-refractivity contribution >= 4 is 35.0 Å². The highest BCUT2D eigenvalue weighted by atomic mass is 35.5. The summed E-state index contributed by atoms with van der Waals surface area (Å²) in [5.74, 6) is -0.404. The Balaban J connectivity index is 1.65. The molecule has 3 aromatic rings. The lowest BCUT2D eigenvalue weighted by Gasteiger charge is -2.09. The third-order valence-corrected chi connectivity index (χ3v) is 5.11. The molecule has 0 saturated heterocycles. The van der Waals surface area contributed by atoms with Gasteiger partial charge in [0.1, 0.15) is 5.75 Å². The summed E-state index contributed by atoms with van der Waals surface area (Å²) in [6, 6.07) is 14.1. The largest absolute Gasteiger partial charge is 0.506 e. The predicted octanol–water partition coefficient (Wildman–Crippen LogP) is 3.76. The van der Waals surface area contributed by atoms with E-state index in [1.165, 1.54) is 18.2 Å². The van der Waals surface area contributed by atoms with Gasteiger partial charge in [-0.1, -0.05) is 53.7 Å². The number of halogens is 1. The van der Waals surface area contributed by atoms with Gasteiger partial charge >= 0.3 is 0 Å². The van der Waals surface area contributed by atoms with Crippen LogP contribution in [0.3, 0.4) is 0 Å². The number of nitrogens with zero attached hydrogens (tertiary/aromatic N) is 1. The lowest BCUT2D eigenvalue weighted by atomic mass is 10.1. The number of hydrogen-bond donors (Lipinski definition) is 3. The number of nitrogens with one attached hydrogen (secondary N) is 2. The zero-order chi connectivity index (χ0) is 20.1. The minimum Gasteiger partial charge on any atom is -0.506 e. The highest BCUT2D eigenvalue weighted by molar-refractivity contribution is 7.99. The first-order valence-corrected chi connectivity index (χ1v) is 9.83. The monoisotopic (exact) mass is 415 g/mol. The lowest BCUT2D eigenvalue weighted by molar-refractivity contribution is -0.113. The first-order chi connectivity index (χ1) is 13.4. The van der Waals surface area contributed by atoms with Crippen LogP contribution in [0.4, 0.5) is 5.69 Å². The summed E-state index contributed by atoms with van der Waals surface area (Å²) in [5, 5.41) is 13.1. The number of rotatable bonds is 6. The molecule has 0 radical (unpaired) electrons. The Morgan fingerprint density at radius 2 is 2.00 bits per heavy atom. The van der Waals surface area contributed by atoms with Gasteiger partial charge < -0.3 is 15.4 Å². The van der Waals surface area contributed by atoms with Crippen molar-refractivity contribution in [3.05, 3.63) is 80.7 Å². The van der Waals surface area contributed by atoms with Gasteiger partial charge in [-0.05, 0) is 30.7 Å². The normalized spacial score (nSPS) is 10.6. The summed E-state index contributed by atoms with van der Waals surface area (Å²) in [6.07, 6.45) is 0.495. The maximum Gasteiger partial charge on any atom is 0.255 e. The van der Waals surface area contributed by atoms with Crippen molar-refractivity contribution in [3.8, 4) is 5.75 Å². The number of hydrogen-bond acceptors (Lipinski definition) is 5. The van der Waals surface area contributed by atoms with Crippen LogP contribution in [0.2, 0.25) is 5.02 Å². The Hall–Kier alpha value is -2.77. The number of carbonyl (C=O) groups excluding carboxylic acids is 1. The van der Waals surface area contributed by atoms with Gasteiger partial charge in [-0.2, -0.15) is 0 Å². The maximum absolute atomic E-state index is 12.4. The lowest BCUT2D eigenvalue weighted by Crippen LogP contribution is -2.19. The molecule has 0 aliphatic heterocycles. The summed E-state index contributed by atoms with van der Waals surface area (Å²) in [6.45, 7) is 1.78. The summed E-state index contributed by atoms with van der Waals surface area (Å²) in [5.41, 5.74) is 2.27. The molecule has 3 rings (SSSR count). The third kappa shape index (κ3) is 5.15. The van der Waals surface area contributed by atoms with E-state index in [0.717, 1.165) is 17.3 Å². The maximum atomic E-state index is 12.4. The van der Waals surface area contributed by atoms with E-state index in [2.05, 4.69) is 15.3 Å². The molecule has 8 heteroatoms. The van der Waals surface area contributed by atoms with Gasteiger partial charge in [0.15, 0.2) is 5.16 Å². The molecule has 0 atom stereocenters. The van der Waals surface area contributed by atoms with Crippen LogP contribution in [-0.2, 0) is 11.2 Å². The number of anilines is 1. The Morgan fingerprint density at radius 1 is 1.25 bits per heavy atom. The molecular weight excluding hydrogens is 398 g/mol. The molecule has 3 N–H and O–H groups in total. The van der Waals surface area contributed by atoms with Crippen LogP contribution >= 0.6 is 23.4 Å². The van der Waals surface area contributed by atoms with Crippen molar-refractivity contribution in [3.63, 3.8) is 0 Å². The van der Waals surface area contributed by atoms with Crippen molar-refractivity contribution in [1.82, 2.24) is 9.97 Å². The minimum absolute atomic E-state index is 0.0202. The number of H-pyrrole nitrogens is 1. The van der Waals surface area contributed by atoms with Crippen LogP contribution in [0.25, 0.3) is 0 Å². The van der Waals surface area contributed by atoms with Gasteiger partial charge in [0.2, 0.25) is 5.91 Å². The molecule has 0 bridgehead atoms. The van der Waals surface area contributed by atoms with E-state index in [-0.39, 0.29) is 28.7 Å². The number of aromatic nitrogens is 2. The van der Waals surface area contributed by atoms with E-state index < -0.39 is 0 Å².